The molecule has 0 aliphatic heterocycles. The highest BCUT2D eigenvalue weighted by Crippen LogP contribution is 2.25. The standard InChI is InChI=1S/C18H20BrNO3/c1-2-18(23,15-7-9-16(19)10-8-15)12-20-11-13-3-5-14(6-4-13)17(21)22/h3-10,20,23H,2,11-12H2,1H3,(H,21,22). The van der Waals surface area contributed by atoms with Gasteiger partial charge in [-0.15, -0.1) is 0 Å². The molecule has 0 aliphatic rings. The molecule has 0 saturated carbocycles. The van der Waals surface area contributed by atoms with Crippen molar-refractivity contribution in [2.24, 2.45) is 0 Å². The highest BCUT2D eigenvalue weighted by atomic mass is 79.9. The Morgan fingerprint density at radius 1 is 1.13 bits per heavy atom. The molecule has 122 valence electrons. The number of carboxylic acid groups (broad SMARTS) is 1. The molecule has 2 rings (SSSR count). The van der Waals surface area contributed by atoms with Gasteiger partial charge in [0, 0.05) is 17.6 Å². The van der Waals surface area contributed by atoms with E-state index in [0.29, 0.717) is 19.5 Å². The Bertz CT molecular complexity index is 655. The number of rotatable bonds is 7. The third-order valence-corrected chi connectivity index (χ3v) is 4.44. The lowest BCUT2D eigenvalue weighted by atomic mass is 9.91. The molecule has 2 aromatic carbocycles. The first-order chi connectivity index (χ1) is 10.9. The molecule has 2 aromatic rings. The van der Waals surface area contributed by atoms with E-state index < -0.39 is 11.6 Å². The van der Waals surface area contributed by atoms with Crippen LogP contribution in [0, 0.1) is 0 Å². The van der Waals surface area contributed by atoms with E-state index in [1.54, 1.807) is 24.3 Å². The summed E-state index contributed by atoms with van der Waals surface area (Å²) in [7, 11) is 0. The zero-order valence-electron chi connectivity index (χ0n) is 12.9. The molecule has 0 spiro atoms. The molecule has 1 atom stereocenters. The quantitative estimate of drug-likeness (QED) is 0.690. The van der Waals surface area contributed by atoms with Gasteiger partial charge >= 0.3 is 5.97 Å². The van der Waals surface area contributed by atoms with Crippen LogP contribution in [-0.4, -0.2) is 22.7 Å². The summed E-state index contributed by atoms with van der Waals surface area (Å²) < 4.78 is 0.978. The van der Waals surface area contributed by atoms with Crippen molar-refractivity contribution in [1.29, 1.82) is 0 Å². The first kappa shape index (κ1) is 17.7. The summed E-state index contributed by atoms with van der Waals surface area (Å²) in [5, 5.41) is 23.0. The van der Waals surface area contributed by atoms with Crippen LogP contribution in [0.5, 0.6) is 0 Å². The molecule has 23 heavy (non-hydrogen) atoms. The van der Waals surface area contributed by atoms with Gasteiger partial charge in [-0.3, -0.25) is 0 Å². The minimum Gasteiger partial charge on any atom is -0.478 e. The molecule has 0 aliphatic carbocycles. The Balaban J connectivity index is 1.97. The van der Waals surface area contributed by atoms with Crippen LogP contribution >= 0.6 is 15.9 Å². The minimum absolute atomic E-state index is 0.272. The van der Waals surface area contributed by atoms with Crippen LogP contribution in [0.1, 0.15) is 34.8 Å². The number of nitrogens with one attached hydrogen (secondary N) is 1. The zero-order chi connectivity index (χ0) is 16.9. The summed E-state index contributed by atoms with van der Waals surface area (Å²) in [6.07, 6.45) is 0.597. The molecule has 0 bridgehead atoms. The van der Waals surface area contributed by atoms with Crippen molar-refractivity contribution in [3.05, 3.63) is 69.7 Å². The van der Waals surface area contributed by atoms with Gasteiger partial charge in [0.25, 0.3) is 0 Å². The van der Waals surface area contributed by atoms with Gasteiger partial charge in [-0.2, -0.15) is 0 Å². The Morgan fingerprint density at radius 3 is 2.26 bits per heavy atom. The van der Waals surface area contributed by atoms with Gasteiger partial charge in [0.1, 0.15) is 5.60 Å². The average molecular weight is 378 g/mol. The summed E-state index contributed by atoms with van der Waals surface area (Å²) in [6.45, 7) is 2.94. The number of hydrogen-bond acceptors (Lipinski definition) is 3. The normalized spacial score (nSPS) is 13.5. The first-order valence-corrected chi connectivity index (χ1v) is 8.25. The van der Waals surface area contributed by atoms with Gasteiger partial charge in [0.15, 0.2) is 0 Å². The fourth-order valence-corrected chi connectivity index (χ4v) is 2.63. The monoisotopic (exact) mass is 377 g/mol. The molecule has 0 fully saturated rings. The predicted octanol–water partition coefficient (Wildman–Crippen LogP) is 3.53. The topological polar surface area (TPSA) is 69.6 Å². The van der Waals surface area contributed by atoms with Crippen LogP contribution in [0.25, 0.3) is 0 Å². The maximum atomic E-state index is 10.8. The van der Waals surface area contributed by atoms with Crippen molar-refractivity contribution in [3.8, 4) is 0 Å². The highest BCUT2D eigenvalue weighted by molar-refractivity contribution is 9.10. The minimum atomic E-state index is -0.930. The number of benzene rings is 2. The smallest absolute Gasteiger partial charge is 0.335 e. The maximum Gasteiger partial charge on any atom is 0.335 e. The Hall–Kier alpha value is -1.69. The number of carboxylic acids is 1. The van der Waals surface area contributed by atoms with Crippen molar-refractivity contribution in [1.82, 2.24) is 5.32 Å². The molecule has 0 amide bonds. The van der Waals surface area contributed by atoms with Gasteiger partial charge in [-0.1, -0.05) is 47.1 Å². The molecule has 4 nitrogen and oxygen atoms in total. The van der Waals surface area contributed by atoms with E-state index in [0.717, 1.165) is 15.6 Å². The predicted molar refractivity (Wildman–Crippen MR) is 93.4 cm³/mol. The highest BCUT2D eigenvalue weighted by Gasteiger charge is 2.26. The lowest BCUT2D eigenvalue weighted by Crippen LogP contribution is -2.37. The summed E-state index contributed by atoms with van der Waals surface area (Å²) in [6, 6.07) is 14.4. The second-order valence-corrected chi connectivity index (χ2v) is 6.41. The van der Waals surface area contributed by atoms with Crippen LogP contribution in [0.2, 0.25) is 0 Å². The average Bonchev–Trinajstić information content (AvgIpc) is 2.55. The molecule has 0 heterocycles. The fraction of sp³-hybridized carbons (Fsp3) is 0.278. The summed E-state index contributed by atoms with van der Waals surface area (Å²) in [5.41, 5.74) is 1.19. The van der Waals surface area contributed by atoms with Gasteiger partial charge in [0.05, 0.1) is 5.56 Å². The van der Waals surface area contributed by atoms with Crippen molar-refractivity contribution in [3.63, 3.8) is 0 Å². The lowest BCUT2D eigenvalue weighted by Gasteiger charge is -2.28. The number of hydrogen-bond donors (Lipinski definition) is 3. The summed E-state index contributed by atoms with van der Waals surface area (Å²) >= 11 is 3.39. The van der Waals surface area contributed by atoms with Gasteiger partial charge in [0.2, 0.25) is 0 Å². The number of carbonyl (C=O) groups is 1. The van der Waals surface area contributed by atoms with Crippen LogP contribution in [0.15, 0.2) is 53.0 Å². The van der Waals surface area contributed by atoms with E-state index in [1.807, 2.05) is 31.2 Å². The first-order valence-electron chi connectivity index (χ1n) is 7.46. The summed E-state index contributed by atoms with van der Waals surface area (Å²) in [4.78, 5) is 10.8. The summed E-state index contributed by atoms with van der Waals surface area (Å²) in [5.74, 6) is -0.930. The Labute approximate surface area is 144 Å². The SMILES string of the molecule is CCC(O)(CNCc1ccc(C(=O)O)cc1)c1ccc(Br)cc1. The maximum absolute atomic E-state index is 10.8. The number of aromatic carboxylic acids is 1. The van der Waals surface area contributed by atoms with Gasteiger partial charge in [-0.05, 0) is 41.8 Å². The molecule has 0 radical (unpaired) electrons. The number of halogens is 1. The molecular formula is C18H20BrNO3. The van der Waals surface area contributed by atoms with E-state index >= 15 is 0 Å². The molecule has 1 unspecified atom stereocenters. The van der Waals surface area contributed by atoms with Crippen molar-refractivity contribution >= 4 is 21.9 Å². The van der Waals surface area contributed by atoms with E-state index in [9.17, 15) is 9.90 Å². The van der Waals surface area contributed by atoms with Crippen LogP contribution in [-0.2, 0) is 12.1 Å². The fourth-order valence-electron chi connectivity index (χ4n) is 2.37. The van der Waals surface area contributed by atoms with Crippen molar-refractivity contribution in [2.75, 3.05) is 6.54 Å². The number of aliphatic hydroxyl groups is 1. The van der Waals surface area contributed by atoms with E-state index in [2.05, 4.69) is 21.2 Å². The molecule has 0 saturated heterocycles. The Morgan fingerprint density at radius 2 is 1.74 bits per heavy atom. The van der Waals surface area contributed by atoms with Gasteiger partial charge < -0.3 is 15.5 Å². The van der Waals surface area contributed by atoms with Crippen LogP contribution < -0.4 is 5.32 Å². The molecule has 3 N–H and O–H groups in total. The second-order valence-electron chi connectivity index (χ2n) is 5.50. The third-order valence-electron chi connectivity index (χ3n) is 3.91. The molecular weight excluding hydrogens is 358 g/mol. The largest absolute Gasteiger partial charge is 0.478 e. The molecule has 0 aromatic heterocycles. The van der Waals surface area contributed by atoms with E-state index in [1.165, 1.54) is 0 Å². The van der Waals surface area contributed by atoms with Crippen molar-refractivity contribution in [2.45, 2.75) is 25.5 Å². The second kappa shape index (κ2) is 7.73. The van der Waals surface area contributed by atoms with Crippen LogP contribution in [0.4, 0.5) is 0 Å². The van der Waals surface area contributed by atoms with E-state index in [-0.39, 0.29) is 5.56 Å². The lowest BCUT2D eigenvalue weighted by molar-refractivity contribution is 0.0323. The van der Waals surface area contributed by atoms with E-state index in [4.69, 9.17) is 5.11 Å². The Kier molecular flexibility index (Phi) is 5.93. The zero-order valence-corrected chi connectivity index (χ0v) is 14.5. The van der Waals surface area contributed by atoms with Gasteiger partial charge in [-0.25, -0.2) is 4.79 Å². The van der Waals surface area contributed by atoms with Crippen molar-refractivity contribution < 1.29 is 15.0 Å². The van der Waals surface area contributed by atoms with Crippen LogP contribution in [0.3, 0.4) is 0 Å². The third kappa shape index (κ3) is 4.64. The molecule has 5 heteroatoms.